The van der Waals surface area contributed by atoms with Crippen molar-refractivity contribution in [3.8, 4) is 0 Å². The average Bonchev–Trinajstić information content (AvgIpc) is 2.82. The highest BCUT2D eigenvalue weighted by Gasteiger charge is 2.10. The average molecular weight is 321 g/mol. The van der Waals surface area contributed by atoms with Crippen molar-refractivity contribution in [2.24, 2.45) is 0 Å². The van der Waals surface area contributed by atoms with Crippen molar-refractivity contribution in [3.05, 3.63) is 55.1 Å². The minimum atomic E-state index is -0.667. The summed E-state index contributed by atoms with van der Waals surface area (Å²) in [6.45, 7) is 0.364. The van der Waals surface area contributed by atoms with Gasteiger partial charge in [-0.25, -0.2) is 4.39 Å². The number of nitrogens with zero attached hydrogens (tertiary/aromatic N) is 1. The molecule has 0 spiro atoms. The van der Waals surface area contributed by atoms with Crippen LogP contribution in [0.3, 0.4) is 0 Å². The van der Waals surface area contributed by atoms with E-state index in [2.05, 4.69) is 5.32 Å². The number of nitrogens with one attached hydrogen (secondary N) is 1. The number of halogens is 3. The SMILES string of the molecule is O=[N+]([O-])c1cc(CNc2cc(Cl)c(F)c(Cl)c2)cs1. The maximum Gasteiger partial charge on any atom is 0.324 e. The zero-order valence-electron chi connectivity index (χ0n) is 9.32. The van der Waals surface area contributed by atoms with Crippen LogP contribution in [0, 0.1) is 15.9 Å². The van der Waals surface area contributed by atoms with Crippen molar-refractivity contribution in [2.75, 3.05) is 5.32 Å². The summed E-state index contributed by atoms with van der Waals surface area (Å²) in [5, 5.41) is 15.1. The van der Waals surface area contributed by atoms with Crippen LogP contribution in [0.15, 0.2) is 23.6 Å². The first-order chi connectivity index (χ1) is 8.97. The normalized spacial score (nSPS) is 10.5. The van der Waals surface area contributed by atoms with Gasteiger partial charge in [0.15, 0.2) is 5.82 Å². The van der Waals surface area contributed by atoms with Gasteiger partial charge in [-0.05, 0) is 17.7 Å². The van der Waals surface area contributed by atoms with Crippen LogP contribution in [-0.2, 0) is 6.54 Å². The van der Waals surface area contributed by atoms with E-state index in [1.165, 1.54) is 18.2 Å². The van der Waals surface area contributed by atoms with Crippen molar-refractivity contribution >= 4 is 45.2 Å². The van der Waals surface area contributed by atoms with E-state index in [1.807, 2.05) is 0 Å². The molecule has 0 saturated heterocycles. The molecular formula is C11H7Cl2FN2O2S. The van der Waals surface area contributed by atoms with Gasteiger partial charge in [-0.1, -0.05) is 34.5 Å². The summed E-state index contributed by atoms with van der Waals surface area (Å²) in [5.74, 6) is -0.667. The van der Waals surface area contributed by atoms with E-state index >= 15 is 0 Å². The van der Waals surface area contributed by atoms with Gasteiger partial charge in [-0.2, -0.15) is 0 Å². The Morgan fingerprint density at radius 1 is 1.32 bits per heavy atom. The van der Waals surface area contributed by atoms with E-state index in [0.29, 0.717) is 12.2 Å². The number of hydrogen-bond acceptors (Lipinski definition) is 4. The third kappa shape index (κ3) is 3.34. The van der Waals surface area contributed by atoms with Crippen LogP contribution in [0.2, 0.25) is 10.0 Å². The molecule has 8 heteroatoms. The van der Waals surface area contributed by atoms with Gasteiger partial charge in [0.1, 0.15) is 0 Å². The molecule has 1 aromatic heterocycles. The van der Waals surface area contributed by atoms with E-state index in [9.17, 15) is 14.5 Å². The summed E-state index contributed by atoms with van der Waals surface area (Å²) >= 11 is 12.4. The maximum atomic E-state index is 13.2. The molecule has 1 N–H and O–H groups in total. The van der Waals surface area contributed by atoms with Crippen LogP contribution in [0.4, 0.5) is 15.1 Å². The Labute approximate surface area is 121 Å². The first kappa shape index (κ1) is 14.0. The molecule has 0 aliphatic rings. The Bertz CT molecular complexity index is 610. The highest BCUT2D eigenvalue weighted by atomic mass is 35.5. The minimum absolute atomic E-state index is 0.0759. The van der Waals surface area contributed by atoms with Gasteiger partial charge >= 0.3 is 5.00 Å². The lowest BCUT2D eigenvalue weighted by molar-refractivity contribution is -0.380. The predicted octanol–water partition coefficient (Wildman–Crippen LogP) is 4.71. The predicted molar refractivity (Wildman–Crippen MR) is 74.7 cm³/mol. The van der Waals surface area contributed by atoms with E-state index in [4.69, 9.17) is 23.2 Å². The first-order valence-electron chi connectivity index (χ1n) is 5.07. The molecule has 0 atom stereocenters. The minimum Gasteiger partial charge on any atom is -0.381 e. The maximum absolute atomic E-state index is 13.2. The summed E-state index contributed by atoms with van der Waals surface area (Å²) in [4.78, 5) is 10.1. The fourth-order valence-corrected chi connectivity index (χ4v) is 2.63. The Morgan fingerprint density at radius 2 is 1.95 bits per heavy atom. The molecule has 0 saturated carbocycles. The van der Waals surface area contributed by atoms with Gasteiger partial charge in [-0.15, -0.1) is 0 Å². The molecule has 2 aromatic rings. The van der Waals surface area contributed by atoms with Crippen molar-refractivity contribution in [3.63, 3.8) is 0 Å². The third-order valence-corrected chi connectivity index (χ3v) is 3.78. The Hall–Kier alpha value is -1.37. The molecule has 0 radical (unpaired) electrons. The molecule has 2 rings (SSSR count). The van der Waals surface area contributed by atoms with Crippen molar-refractivity contribution in [2.45, 2.75) is 6.54 Å². The summed E-state index contributed by atoms with van der Waals surface area (Å²) in [5.41, 5.74) is 1.30. The van der Waals surface area contributed by atoms with Gasteiger partial charge in [0.25, 0.3) is 0 Å². The number of hydrogen-bond donors (Lipinski definition) is 1. The monoisotopic (exact) mass is 320 g/mol. The second kappa shape index (κ2) is 5.73. The third-order valence-electron chi connectivity index (χ3n) is 2.30. The molecule has 0 aliphatic heterocycles. The first-order valence-corrected chi connectivity index (χ1v) is 6.71. The molecule has 1 heterocycles. The molecule has 0 amide bonds. The lowest BCUT2D eigenvalue weighted by Gasteiger charge is -2.07. The Balaban J connectivity index is 2.08. The molecule has 4 nitrogen and oxygen atoms in total. The van der Waals surface area contributed by atoms with E-state index in [-0.39, 0.29) is 15.0 Å². The number of rotatable bonds is 4. The van der Waals surface area contributed by atoms with Gasteiger partial charge in [-0.3, -0.25) is 10.1 Å². The lowest BCUT2D eigenvalue weighted by atomic mass is 10.3. The van der Waals surface area contributed by atoms with E-state index < -0.39 is 10.7 Å². The van der Waals surface area contributed by atoms with Crippen LogP contribution in [0.25, 0.3) is 0 Å². The van der Waals surface area contributed by atoms with Crippen LogP contribution >= 0.6 is 34.5 Å². The van der Waals surface area contributed by atoms with Crippen LogP contribution < -0.4 is 5.32 Å². The summed E-state index contributed by atoms with van der Waals surface area (Å²) in [6, 6.07) is 4.29. The summed E-state index contributed by atoms with van der Waals surface area (Å²) in [6.07, 6.45) is 0. The highest BCUT2D eigenvalue weighted by Crippen LogP contribution is 2.28. The number of thiophene rings is 1. The quantitative estimate of drug-likeness (QED) is 0.504. The van der Waals surface area contributed by atoms with Crippen molar-refractivity contribution in [1.82, 2.24) is 0 Å². The lowest BCUT2D eigenvalue weighted by Crippen LogP contribution is -1.98. The second-order valence-electron chi connectivity index (χ2n) is 3.66. The topological polar surface area (TPSA) is 55.2 Å². The molecule has 1 aromatic carbocycles. The number of benzene rings is 1. The zero-order valence-corrected chi connectivity index (χ0v) is 11.7. The van der Waals surface area contributed by atoms with Gasteiger partial charge in [0, 0.05) is 23.7 Å². The van der Waals surface area contributed by atoms with Crippen LogP contribution in [-0.4, -0.2) is 4.92 Å². The van der Waals surface area contributed by atoms with Crippen molar-refractivity contribution in [1.29, 1.82) is 0 Å². The second-order valence-corrected chi connectivity index (χ2v) is 5.36. The molecular weight excluding hydrogens is 314 g/mol. The fourth-order valence-electron chi connectivity index (χ4n) is 1.41. The number of nitro groups is 1. The smallest absolute Gasteiger partial charge is 0.324 e. The van der Waals surface area contributed by atoms with Gasteiger partial charge in [0.2, 0.25) is 0 Å². The highest BCUT2D eigenvalue weighted by molar-refractivity contribution is 7.13. The van der Waals surface area contributed by atoms with Crippen molar-refractivity contribution < 1.29 is 9.31 Å². The van der Waals surface area contributed by atoms with Crippen LogP contribution in [0.1, 0.15) is 5.56 Å². The van der Waals surface area contributed by atoms with Gasteiger partial charge in [0.05, 0.1) is 15.0 Å². The Kier molecular flexibility index (Phi) is 4.24. The van der Waals surface area contributed by atoms with E-state index in [1.54, 1.807) is 5.38 Å². The number of anilines is 1. The molecule has 0 bridgehead atoms. The Morgan fingerprint density at radius 3 is 2.47 bits per heavy atom. The molecule has 19 heavy (non-hydrogen) atoms. The van der Waals surface area contributed by atoms with E-state index in [0.717, 1.165) is 16.9 Å². The molecule has 0 unspecified atom stereocenters. The summed E-state index contributed by atoms with van der Waals surface area (Å²) < 4.78 is 13.2. The molecule has 100 valence electrons. The fraction of sp³-hybridized carbons (Fsp3) is 0.0909. The summed E-state index contributed by atoms with van der Waals surface area (Å²) in [7, 11) is 0. The molecule has 0 fully saturated rings. The van der Waals surface area contributed by atoms with Crippen LogP contribution in [0.5, 0.6) is 0 Å². The molecule has 0 aliphatic carbocycles. The zero-order chi connectivity index (χ0) is 14.0. The largest absolute Gasteiger partial charge is 0.381 e. The van der Waals surface area contributed by atoms with Gasteiger partial charge < -0.3 is 5.32 Å². The standard InChI is InChI=1S/C11H7Cl2FN2O2S/c12-8-2-7(3-9(13)11(8)14)15-4-6-1-10(16(17)18)19-5-6/h1-3,5,15H,4H2.